The van der Waals surface area contributed by atoms with Crippen LogP contribution in [0.15, 0.2) is 57.7 Å². The van der Waals surface area contributed by atoms with E-state index in [-0.39, 0.29) is 23.1 Å². The molecule has 0 saturated heterocycles. The van der Waals surface area contributed by atoms with Crippen molar-refractivity contribution in [3.63, 3.8) is 0 Å². The summed E-state index contributed by atoms with van der Waals surface area (Å²) in [6.45, 7) is 0. The molecule has 3 aromatic rings. The smallest absolute Gasteiger partial charge is 0.227 e. The number of fused-ring (bicyclic) bond motifs is 1. The summed E-state index contributed by atoms with van der Waals surface area (Å²) < 4.78 is 18.8. The van der Waals surface area contributed by atoms with Crippen LogP contribution in [0.25, 0.3) is 22.3 Å². The fourth-order valence-electron chi connectivity index (χ4n) is 2.58. The first-order chi connectivity index (χ1) is 11.6. The average Bonchev–Trinajstić information content (AvgIpc) is 3.41. The summed E-state index contributed by atoms with van der Waals surface area (Å²) >= 11 is 0. The second-order valence-electron chi connectivity index (χ2n) is 5.96. The van der Waals surface area contributed by atoms with E-state index in [1.807, 2.05) is 0 Å². The molecule has 1 fully saturated rings. The summed E-state index contributed by atoms with van der Waals surface area (Å²) in [4.78, 5) is 24.2. The number of halogens is 1. The van der Waals surface area contributed by atoms with Crippen LogP contribution in [-0.2, 0) is 4.79 Å². The molecule has 0 atom stereocenters. The van der Waals surface area contributed by atoms with E-state index in [0.29, 0.717) is 28.0 Å². The Morgan fingerprint density at radius 3 is 2.54 bits per heavy atom. The Hall–Kier alpha value is -2.95. The zero-order valence-electron chi connectivity index (χ0n) is 12.7. The van der Waals surface area contributed by atoms with Gasteiger partial charge in [0.05, 0.1) is 5.39 Å². The van der Waals surface area contributed by atoms with Crippen LogP contribution in [0, 0.1) is 11.7 Å². The highest BCUT2D eigenvalue weighted by molar-refractivity contribution is 5.96. The minimum absolute atomic E-state index is 0.0123. The molecule has 120 valence electrons. The fraction of sp³-hybridized carbons (Fsp3) is 0.158. The highest BCUT2D eigenvalue weighted by Gasteiger charge is 2.29. The van der Waals surface area contributed by atoms with Crippen LogP contribution < -0.4 is 10.7 Å². The van der Waals surface area contributed by atoms with Crippen molar-refractivity contribution in [2.75, 3.05) is 5.32 Å². The molecule has 0 spiro atoms. The second-order valence-corrected chi connectivity index (χ2v) is 5.96. The largest absolute Gasteiger partial charge is 0.456 e. The van der Waals surface area contributed by atoms with E-state index in [1.54, 1.807) is 30.3 Å². The molecule has 1 aromatic heterocycles. The van der Waals surface area contributed by atoms with Gasteiger partial charge >= 0.3 is 0 Å². The standard InChI is InChI=1S/C19H14FNO3/c20-13-5-3-11(4-6-13)18-10-16(22)15-9-14(7-8-17(15)24-18)21-19(23)12-1-2-12/h3-10,12H,1-2H2,(H,21,23). The Morgan fingerprint density at radius 1 is 1.08 bits per heavy atom. The van der Waals surface area contributed by atoms with Crippen molar-refractivity contribution in [2.24, 2.45) is 5.92 Å². The molecule has 1 aliphatic carbocycles. The minimum Gasteiger partial charge on any atom is -0.456 e. The van der Waals surface area contributed by atoms with Gasteiger partial charge in [-0.2, -0.15) is 0 Å². The van der Waals surface area contributed by atoms with Crippen molar-refractivity contribution in [3.05, 3.63) is 64.6 Å². The molecule has 1 N–H and O–H groups in total. The Labute approximate surface area is 136 Å². The Balaban J connectivity index is 1.72. The van der Waals surface area contributed by atoms with Gasteiger partial charge in [-0.3, -0.25) is 9.59 Å². The van der Waals surface area contributed by atoms with Crippen molar-refractivity contribution in [1.29, 1.82) is 0 Å². The lowest BCUT2D eigenvalue weighted by Gasteiger charge is -2.07. The number of nitrogens with one attached hydrogen (secondary N) is 1. The molecule has 5 heteroatoms. The van der Waals surface area contributed by atoms with Crippen LogP contribution in [0.5, 0.6) is 0 Å². The molecule has 1 amide bonds. The lowest BCUT2D eigenvalue weighted by Crippen LogP contribution is -2.13. The maximum Gasteiger partial charge on any atom is 0.227 e. The zero-order chi connectivity index (χ0) is 16.7. The lowest BCUT2D eigenvalue weighted by molar-refractivity contribution is -0.117. The predicted molar refractivity (Wildman–Crippen MR) is 89.2 cm³/mol. The summed E-state index contributed by atoms with van der Waals surface area (Å²) in [5, 5.41) is 3.21. The van der Waals surface area contributed by atoms with Crippen LogP contribution >= 0.6 is 0 Å². The molecule has 0 unspecified atom stereocenters. The van der Waals surface area contributed by atoms with Gasteiger partial charge in [-0.05, 0) is 55.3 Å². The summed E-state index contributed by atoms with van der Waals surface area (Å²) in [7, 11) is 0. The summed E-state index contributed by atoms with van der Waals surface area (Å²) in [5.41, 5.74) is 1.42. The molecule has 4 nitrogen and oxygen atoms in total. The summed E-state index contributed by atoms with van der Waals surface area (Å²) in [6, 6.07) is 12.1. The van der Waals surface area contributed by atoms with Crippen LogP contribution in [0.4, 0.5) is 10.1 Å². The lowest BCUT2D eigenvalue weighted by atomic mass is 10.1. The van der Waals surface area contributed by atoms with E-state index in [2.05, 4.69) is 5.32 Å². The third kappa shape index (κ3) is 2.80. The monoisotopic (exact) mass is 323 g/mol. The summed E-state index contributed by atoms with van der Waals surface area (Å²) in [5.74, 6) is 0.111. The third-order valence-corrected chi connectivity index (χ3v) is 4.07. The number of hydrogen-bond acceptors (Lipinski definition) is 3. The quantitative estimate of drug-likeness (QED) is 0.794. The molecule has 1 heterocycles. The molecular weight excluding hydrogens is 309 g/mol. The number of amides is 1. The first-order valence-electron chi connectivity index (χ1n) is 7.75. The molecule has 2 aromatic carbocycles. The SMILES string of the molecule is O=C(Nc1ccc2oc(-c3ccc(F)cc3)cc(=O)c2c1)C1CC1. The van der Waals surface area contributed by atoms with Gasteiger partial charge in [-0.25, -0.2) is 4.39 Å². The van der Waals surface area contributed by atoms with Gasteiger partial charge in [-0.15, -0.1) is 0 Å². The first kappa shape index (κ1) is 14.6. The second kappa shape index (κ2) is 5.60. The molecule has 4 rings (SSSR count). The van der Waals surface area contributed by atoms with Gasteiger partial charge in [-0.1, -0.05) is 0 Å². The van der Waals surface area contributed by atoms with E-state index < -0.39 is 0 Å². The number of hydrogen-bond donors (Lipinski definition) is 1. The molecule has 24 heavy (non-hydrogen) atoms. The van der Waals surface area contributed by atoms with Gasteiger partial charge in [0.2, 0.25) is 5.91 Å². The van der Waals surface area contributed by atoms with Crippen molar-refractivity contribution >= 4 is 22.6 Å². The van der Waals surface area contributed by atoms with Crippen molar-refractivity contribution in [1.82, 2.24) is 0 Å². The zero-order valence-corrected chi connectivity index (χ0v) is 12.7. The van der Waals surface area contributed by atoms with E-state index in [9.17, 15) is 14.0 Å². The van der Waals surface area contributed by atoms with Gasteiger partial charge < -0.3 is 9.73 Å². The average molecular weight is 323 g/mol. The number of benzene rings is 2. The normalized spacial score (nSPS) is 13.9. The molecule has 1 aliphatic rings. The van der Waals surface area contributed by atoms with E-state index in [1.165, 1.54) is 18.2 Å². The fourth-order valence-corrected chi connectivity index (χ4v) is 2.58. The Kier molecular flexibility index (Phi) is 3.41. The van der Waals surface area contributed by atoms with Gasteiger partial charge in [0.1, 0.15) is 17.2 Å². The predicted octanol–water partition coefficient (Wildman–Crippen LogP) is 3.95. The van der Waals surface area contributed by atoms with Crippen molar-refractivity contribution < 1.29 is 13.6 Å². The van der Waals surface area contributed by atoms with E-state index in [4.69, 9.17) is 4.42 Å². The number of rotatable bonds is 3. The highest BCUT2D eigenvalue weighted by atomic mass is 19.1. The Bertz CT molecular complexity index is 988. The van der Waals surface area contributed by atoms with Crippen molar-refractivity contribution in [3.8, 4) is 11.3 Å². The molecule has 1 saturated carbocycles. The Morgan fingerprint density at radius 2 is 1.83 bits per heavy atom. The van der Waals surface area contributed by atoms with E-state index >= 15 is 0 Å². The third-order valence-electron chi connectivity index (χ3n) is 4.07. The highest BCUT2D eigenvalue weighted by Crippen LogP contribution is 2.30. The van der Waals surface area contributed by atoms with Crippen LogP contribution in [-0.4, -0.2) is 5.91 Å². The van der Waals surface area contributed by atoms with Gasteiger partial charge in [0.15, 0.2) is 5.43 Å². The summed E-state index contributed by atoms with van der Waals surface area (Å²) in [6.07, 6.45) is 1.84. The van der Waals surface area contributed by atoms with E-state index in [0.717, 1.165) is 12.8 Å². The maximum absolute atomic E-state index is 13.0. The first-order valence-corrected chi connectivity index (χ1v) is 7.75. The number of anilines is 1. The van der Waals surface area contributed by atoms with Gasteiger partial charge in [0.25, 0.3) is 0 Å². The molecule has 0 aliphatic heterocycles. The number of carbonyl (C=O) groups is 1. The molecular formula is C19H14FNO3. The molecule has 0 radical (unpaired) electrons. The maximum atomic E-state index is 13.0. The van der Waals surface area contributed by atoms with Gasteiger partial charge in [0, 0.05) is 23.2 Å². The number of carbonyl (C=O) groups excluding carboxylic acids is 1. The van der Waals surface area contributed by atoms with Crippen LogP contribution in [0.1, 0.15) is 12.8 Å². The minimum atomic E-state index is -0.349. The topological polar surface area (TPSA) is 59.3 Å². The molecule has 0 bridgehead atoms. The van der Waals surface area contributed by atoms with Crippen LogP contribution in [0.2, 0.25) is 0 Å². The van der Waals surface area contributed by atoms with Crippen molar-refractivity contribution in [2.45, 2.75) is 12.8 Å². The van der Waals surface area contributed by atoms with Crippen LogP contribution in [0.3, 0.4) is 0 Å².